The van der Waals surface area contributed by atoms with E-state index in [1.807, 2.05) is 0 Å². The Morgan fingerprint density at radius 2 is 0.706 bits per heavy atom. The first kappa shape index (κ1) is 30.1. The topological polar surface area (TPSA) is 175 Å². The third kappa shape index (κ3) is 10.6. The van der Waals surface area contributed by atoms with Crippen LogP contribution >= 0.6 is 0 Å². The number of carbonyl (C=O) groups excluding carboxylic acids is 6. The minimum Gasteiger partial charge on any atom is -0.405 e. The molecule has 1 radical (unpaired) electrons. The number of allylic oxidation sites excluding steroid dienone is 6. The molecule has 6 amide bonds. The maximum atomic E-state index is 10.0. The number of hydrogen-bond donors (Lipinski definition) is 6. The minimum absolute atomic E-state index is 0. The van der Waals surface area contributed by atoms with Crippen molar-refractivity contribution in [2.45, 2.75) is 19.3 Å². The second-order valence-corrected chi connectivity index (χ2v) is 5.69. The fourth-order valence-electron chi connectivity index (χ4n) is 2.50. The predicted octanol–water partition coefficient (Wildman–Crippen LogP) is -1.64. The molecular formula is C21H21N6O6Zr. The van der Waals surface area contributed by atoms with Crippen LogP contribution in [0.3, 0.4) is 0 Å². The van der Waals surface area contributed by atoms with Crippen molar-refractivity contribution < 1.29 is 55.0 Å². The summed E-state index contributed by atoms with van der Waals surface area (Å²) in [4.78, 5) is 60.0. The Hall–Kier alpha value is -3.86. The minimum atomic E-state index is 0. The molecule has 0 bridgehead atoms. The van der Waals surface area contributed by atoms with E-state index in [-0.39, 0.29) is 26.2 Å². The molecule has 12 nitrogen and oxygen atoms in total. The molecule has 34 heavy (non-hydrogen) atoms. The molecule has 13 heteroatoms. The standard InChI is InChI=1S/3C7H7N2O2.Zr/c3*10-4-8-6-2-1-3-7(6)9-5-11;/h3*2,4-5H,1H2,(H,8,10)(H,9,11);/q3*-1;+3. The van der Waals surface area contributed by atoms with E-state index in [9.17, 15) is 28.8 Å². The van der Waals surface area contributed by atoms with E-state index in [4.69, 9.17) is 0 Å². The molecule has 0 saturated heterocycles. The van der Waals surface area contributed by atoms with E-state index < -0.39 is 0 Å². The molecule has 0 aromatic carbocycles. The second-order valence-electron chi connectivity index (χ2n) is 5.69. The predicted molar refractivity (Wildman–Crippen MR) is 114 cm³/mol. The molecule has 0 atom stereocenters. The van der Waals surface area contributed by atoms with E-state index in [0.29, 0.717) is 91.9 Å². The molecule has 0 heterocycles. The molecule has 0 unspecified atom stereocenters. The van der Waals surface area contributed by atoms with Crippen LogP contribution in [0.15, 0.2) is 52.4 Å². The molecule has 175 valence electrons. The maximum absolute atomic E-state index is 10.0. The number of hydrogen-bond acceptors (Lipinski definition) is 6. The Morgan fingerprint density at radius 3 is 0.912 bits per heavy atom. The van der Waals surface area contributed by atoms with Gasteiger partial charge in [0.2, 0.25) is 19.2 Å². The molecule has 0 aliphatic heterocycles. The van der Waals surface area contributed by atoms with Gasteiger partial charge in [0.25, 0.3) is 0 Å². The van der Waals surface area contributed by atoms with Crippen molar-refractivity contribution in [1.82, 2.24) is 31.9 Å². The Bertz CT molecular complexity index is 745. The number of nitrogens with one attached hydrogen (secondary N) is 6. The van der Waals surface area contributed by atoms with Crippen LogP contribution in [0, 0.1) is 18.2 Å². The zero-order chi connectivity index (χ0) is 24.3. The smallest absolute Gasteiger partial charge is 0.405 e. The van der Waals surface area contributed by atoms with Gasteiger partial charge in [0.05, 0.1) is 0 Å². The number of carbonyl (C=O) groups is 6. The van der Waals surface area contributed by atoms with Crippen molar-refractivity contribution in [2.75, 3.05) is 0 Å². The number of amides is 6. The van der Waals surface area contributed by atoms with E-state index >= 15 is 0 Å². The van der Waals surface area contributed by atoms with Crippen LogP contribution < -0.4 is 31.9 Å². The monoisotopic (exact) mass is 543 g/mol. The van der Waals surface area contributed by atoms with Gasteiger partial charge in [-0.25, -0.2) is 18.2 Å². The first-order chi connectivity index (χ1) is 16.1. The van der Waals surface area contributed by atoms with E-state index in [1.165, 1.54) is 0 Å². The van der Waals surface area contributed by atoms with Gasteiger partial charge in [0.15, 0.2) is 19.2 Å². The van der Waals surface area contributed by atoms with Gasteiger partial charge in [-0.15, -0.1) is 36.4 Å². The van der Waals surface area contributed by atoms with Gasteiger partial charge in [0.1, 0.15) is 0 Å². The van der Waals surface area contributed by atoms with E-state index in [2.05, 4.69) is 50.1 Å². The van der Waals surface area contributed by atoms with Gasteiger partial charge >= 0.3 is 26.2 Å². The SMILES string of the molecule is O=CNC1=[C-]CC=C1NC=O.O=CNC1=[C-]CC=C1NC=O.O=CNC1=[C-]CC=C1NC=O.[Zr+3]. The van der Waals surface area contributed by atoms with Crippen LogP contribution in [0.2, 0.25) is 0 Å². The summed E-state index contributed by atoms with van der Waals surface area (Å²) in [6, 6.07) is 0. The van der Waals surface area contributed by atoms with Crippen molar-refractivity contribution in [3.8, 4) is 0 Å². The summed E-state index contributed by atoms with van der Waals surface area (Å²) in [5.74, 6) is 0. The first-order valence-electron chi connectivity index (χ1n) is 9.30. The van der Waals surface area contributed by atoms with E-state index in [1.54, 1.807) is 18.2 Å². The Balaban J connectivity index is 0.000000473. The quantitative estimate of drug-likeness (QED) is 0.127. The Kier molecular flexibility index (Phi) is 16.6. The third-order valence-corrected chi connectivity index (χ3v) is 3.82. The van der Waals surface area contributed by atoms with Crippen LogP contribution in [0.1, 0.15) is 19.3 Å². The van der Waals surface area contributed by atoms with Crippen molar-refractivity contribution in [3.63, 3.8) is 0 Å². The van der Waals surface area contributed by atoms with Crippen molar-refractivity contribution in [3.05, 3.63) is 70.6 Å². The van der Waals surface area contributed by atoms with Crippen LogP contribution in [0.5, 0.6) is 0 Å². The van der Waals surface area contributed by atoms with Crippen LogP contribution in [-0.2, 0) is 55.0 Å². The van der Waals surface area contributed by atoms with Gasteiger partial charge in [-0.1, -0.05) is 17.1 Å². The molecule has 0 fully saturated rings. The fourth-order valence-corrected chi connectivity index (χ4v) is 2.50. The molecule has 6 N–H and O–H groups in total. The largest absolute Gasteiger partial charge is 3.00 e. The maximum Gasteiger partial charge on any atom is 3.00 e. The molecule has 3 aliphatic carbocycles. The first-order valence-corrected chi connectivity index (χ1v) is 9.30. The summed E-state index contributed by atoms with van der Waals surface area (Å²) in [7, 11) is 0. The van der Waals surface area contributed by atoms with Crippen molar-refractivity contribution >= 4 is 38.5 Å². The zero-order valence-electron chi connectivity index (χ0n) is 17.8. The van der Waals surface area contributed by atoms with Crippen LogP contribution in [-0.4, -0.2) is 38.5 Å². The molecule has 0 spiro atoms. The van der Waals surface area contributed by atoms with Gasteiger partial charge in [-0.3, -0.25) is 28.8 Å². The summed E-state index contributed by atoms with van der Waals surface area (Å²) < 4.78 is 0. The molecule has 0 saturated carbocycles. The van der Waals surface area contributed by atoms with Crippen LogP contribution in [0.4, 0.5) is 0 Å². The molecule has 3 rings (SSSR count). The normalized spacial score (nSPS) is 14.5. The average molecular weight is 545 g/mol. The fraction of sp³-hybridized carbons (Fsp3) is 0.143. The van der Waals surface area contributed by atoms with Crippen LogP contribution in [0.25, 0.3) is 0 Å². The summed E-state index contributed by atoms with van der Waals surface area (Å²) in [5, 5.41) is 14.6. The summed E-state index contributed by atoms with van der Waals surface area (Å²) >= 11 is 0. The molecule has 0 aromatic rings. The summed E-state index contributed by atoms with van der Waals surface area (Å²) in [6.45, 7) is 0. The summed E-state index contributed by atoms with van der Waals surface area (Å²) in [5.41, 5.74) is 3.41. The Labute approximate surface area is 214 Å². The van der Waals surface area contributed by atoms with Gasteiger partial charge in [-0.2, -0.15) is 18.2 Å². The van der Waals surface area contributed by atoms with Crippen molar-refractivity contribution in [1.29, 1.82) is 0 Å². The average Bonchev–Trinajstić information content (AvgIpc) is 3.55. The molecular weight excluding hydrogens is 523 g/mol. The molecule has 3 aliphatic rings. The zero-order valence-corrected chi connectivity index (χ0v) is 20.2. The van der Waals surface area contributed by atoms with E-state index in [0.717, 1.165) is 0 Å². The van der Waals surface area contributed by atoms with Gasteiger partial charge < -0.3 is 31.9 Å². The molecule has 0 aromatic heterocycles. The van der Waals surface area contributed by atoms with Gasteiger partial charge in [0, 0.05) is 0 Å². The Morgan fingerprint density at radius 1 is 0.471 bits per heavy atom. The summed E-state index contributed by atoms with van der Waals surface area (Å²) in [6.07, 6.45) is 19.0. The third-order valence-electron chi connectivity index (χ3n) is 3.82. The second kappa shape index (κ2) is 18.7. The van der Waals surface area contributed by atoms with Gasteiger partial charge in [-0.05, 0) is 0 Å². The van der Waals surface area contributed by atoms with Crippen molar-refractivity contribution in [2.24, 2.45) is 0 Å². The number of rotatable bonds is 12.